The number of nitrogens with one attached hydrogen (secondary N) is 2. The van der Waals surface area contributed by atoms with Crippen LogP contribution in [0.2, 0.25) is 0 Å². The molecule has 3 amide bonds. The molecule has 4 N–H and O–H groups in total. The maximum atomic E-state index is 12.3. The SMILES string of the molecule is N#CC1=C(N)OC2NC(=O)NC(=O)C2C1c1cccc([N+](=O)[O-])c1. The van der Waals surface area contributed by atoms with E-state index in [4.69, 9.17) is 10.5 Å². The minimum Gasteiger partial charge on any atom is -0.454 e. The molecule has 24 heavy (non-hydrogen) atoms. The first-order valence-corrected chi connectivity index (χ1v) is 6.84. The van der Waals surface area contributed by atoms with Gasteiger partial charge in [0, 0.05) is 18.1 Å². The summed E-state index contributed by atoms with van der Waals surface area (Å²) in [5.74, 6) is -2.74. The van der Waals surface area contributed by atoms with Gasteiger partial charge in [-0.05, 0) is 5.56 Å². The van der Waals surface area contributed by atoms with E-state index in [-0.39, 0.29) is 17.1 Å². The van der Waals surface area contributed by atoms with Gasteiger partial charge in [-0.25, -0.2) is 4.79 Å². The smallest absolute Gasteiger partial charge is 0.324 e. The Morgan fingerprint density at radius 3 is 2.79 bits per heavy atom. The highest BCUT2D eigenvalue weighted by atomic mass is 16.6. The monoisotopic (exact) mass is 329 g/mol. The Hall–Kier alpha value is -3.61. The summed E-state index contributed by atoms with van der Waals surface area (Å²) in [6, 6.07) is 6.70. The van der Waals surface area contributed by atoms with E-state index < -0.39 is 34.9 Å². The van der Waals surface area contributed by atoms with Gasteiger partial charge in [0.1, 0.15) is 12.0 Å². The zero-order valence-corrected chi connectivity index (χ0v) is 12.1. The van der Waals surface area contributed by atoms with Gasteiger partial charge in [0.25, 0.3) is 5.69 Å². The number of nitrogens with two attached hydrogens (primary N) is 1. The molecule has 0 radical (unpaired) electrons. The molecule has 10 heteroatoms. The number of nitro groups is 1. The van der Waals surface area contributed by atoms with Crippen LogP contribution in [0.25, 0.3) is 0 Å². The van der Waals surface area contributed by atoms with E-state index in [1.165, 1.54) is 18.2 Å². The van der Waals surface area contributed by atoms with Gasteiger partial charge in [-0.1, -0.05) is 12.1 Å². The largest absolute Gasteiger partial charge is 0.454 e. The van der Waals surface area contributed by atoms with Crippen LogP contribution in [0.15, 0.2) is 35.7 Å². The number of fused-ring (bicyclic) bond motifs is 1. The number of rotatable bonds is 2. The summed E-state index contributed by atoms with van der Waals surface area (Å²) in [4.78, 5) is 34.1. The Kier molecular flexibility index (Phi) is 3.53. The minimum absolute atomic E-state index is 0.0250. The van der Waals surface area contributed by atoms with Gasteiger partial charge >= 0.3 is 6.03 Å². The first kappa shape index (κ1) is 15.3. The molecule has 1 fully saturated rings. The van der Waals surface area contributed by atoms with Gasteiger partial charge < -0.3 is 15.8 Å². The molecule has 3 atom stereocenters. The third kappa shape index (κ3) is 2.38. The second-order valence-electron chi connectivity index (χ2n) is 5.25. The molecule has 0 saturated carbocycles. The van der Waals surface area contributed by atoms with Gasteiger partial charge in [0.2, 0.25) is 11.8 Å². The van der Waals surface area contributed by atoms with Gasteiger partial charge in [0.15, 0.2) is 6.23 Å². The van der Waals surface area contributed by atoms with Crippen molar-refractivity contribution in [1.29, 1.82) is 5.26 Å². The number of ether oxygens (including phenoxy) is 1. The highest BCUT2D eigenvalue weighted by molar-refractivity contribution is 5.99. The van der Waals surface area contributed by atoms with E-state index in [1.54, 1.807) is 6.07 Å². The van der Waals surface area contributed by atoms with Crippen LogP contribution in [0.5, 0.6) is 0 Å². The minimum atomic E-state index is -1.06. The Balaban J connectivity index is 2.14. The second-order valence-corrected chi connectivity index (χ2v) is 5.25. The first-order chi connectivity index (χ1) is 11.4. The number of nitrogens with zero attached hydrogens (tertiary/aromatic N) is 2. The molecular formula is C14H11N5O5. The number of non-ortho nitro benzene ring substituents is 1. The zero-order valence-electron chi connectivity index (χ0n) is 12.1. The van der Waals surface area contributed by atoms with E-state index in [0.29, 0.717) is 5.56 Å². The Bertz CT molecular complexity index is 827. The average molecular weight is 329 g/mol. The molecule has 1 saturated heterocycles. The molecule has 0 bridgehead atoms. The average Bonchev–Trinajstić information content (AvgIpc) is 2.53. The fraction of sp³-hybridized carbons (Fsp3) is 0.214. The molecule has 2 aliphatic heterocycles. The summed E-state index contributed by atoms with van der Waals surface area (Å²) in [6.45, 7) is 0. The van der Waals surface area contributed by atoms with E-state index in [0.717, 1.165) is 0 Å². The number of urea groups is 1. The van der Waals surface area contributed by atoms with Crippen LogP contribution in [0.4, 0.5) is 10.5 Å². The number of allylic oxidation sites excluding steroid dienone is 1. The van der Waals surface area contributed by atoms with Crippen molar-refractivity contribution >= 4 is 17.6 Å². The highest BCUT2D eigenvalue weighted by Crippen LogP contribution is 2.41. The van der Waals surface area contributed by atoms with Gasteiger partial charge in [-0.3, -0.25) is 20.2 Å². The third-order valence-electron chi connectivity index (χ3n) is 3.89. The molecule has 0 aliphatic carbocycles. The van der Waals surface area contributed by atoms with E-state index in [9.17, 15) is 25.0 Å². The van der Waals surface area contributed by atoms with Crippen molar-refractivity contribution in [2.45, 2.75) is 12.1 Å². The van der Waals surface area contributed by atoms with E-state index in [1.807, 2.05) is 6.07 Å². The highest BCUT2D eigenvalue weighted by Gasteiger charge is 2.48. The predicted molar refractivity (Wildman–Crippen MR) is 77.7 cm³/mol. The number of hydrogen-bond acceptors (Lipinski definition) is 7. The van der Waals surface area contributed by atoms with Crippen LogP contribution in [-0.4, -0.2) is 23.1 Å². The molecule has 2 aliphatic rings. The summed E-state index contributed by atoms with van der Waals surface area (Å²) in [5.41, 5.74) is 5.87. The lowest BCUT2D eigenvalue weighted by molar-refractivity contribution is -0.384. The van der Waals surface area contributed by atoms with Crippen LogP contribution in [0, 0.1) is 27.4 Å². The van der Waals surface area contributed by atoms with Crippen LogP contribution in [-0.2, 0) is 9.53 Å². The normalized spacial score (nSPS) is 25.7. The summed E-state index contributed by atoms with van der Waals surface area (Å²) < 4.78 is 5.27. The van der Waals surface area contributed by atoms with Crippen LogP contribution in [0.1, 0.15) is 11.5 Å². The van der Waals surface area contributed by atoms with Crippen LogP contribution >= 0.6 is 0 Å². The van der Waals surface area contributed by atoms with Crippen molar-refractivity contribution < 1.29 is 19.2 Å². The van der Waals surface area contributed by atoms with Gasteiger partial charge in [0.05, 0.1) is 10.5 Å². The summed E-state index contributed by atoms with van der Waals surface area (Å²) in [5, 5.41) is 24.9. The molecule has 2 heterocycles. The van der Waals surface area contributed by atoms with Crippen LogP contribution < -0.4 is 16.4 Å². The second kappa shape index (κ2) is 5.54. The van der Waals surface area contributed by atoms with Gasteiger partial charge in [-0.15, -0.1) is 0 Å². The topological polar surface area (TPSA) is 160 Å². The van der Waals surface area contributed by atoms with Crippen LogP contribution in [0.3, 0.4) is 0 Å². The Morgan fingerprint density at radius 1 is 1.38 bits per heavy atom. The number of carbonyl (C=O) groups is 2. The molecule has 3 unspecified atom stereocenters. The fourth-order valence-electron chi connectivity index (χ4n) is 2.88. The number of amides is 3. The standard InChI is InChI=1S/C14H11N5O5/c15-5-8-9(6-2-1-3-7(4-6)19(22)23)10-12(20)17-14(21)18-13(10)24-11(8)16/h1-4,9-10,13H,16H2,(H2,17,18,20,21). The number of nitro benzene ring substituents is 1. The lowest BCUT2D eigenvalue weighted by Crippen LogP contribution is -2.62. The number of hydrogen-bond donors (Lipinski definition) is 3. The fourth-order valence-corrected chi connectivity index (χ4v) is 2.88. The van der Waals surface area contributed by atoms with Crippen molar-refractivity contribution in [2.75, 3.05) is 0 Å². The number of nitriles is 1. The van der Waals surface area contributed by atoms with Crippen molar-refractivity contribution in [3.05, 3.63) is 51.4 Å². The summed E-state index contributed by atoms with van der Waals surface area (Å²) in [7, 11) is 0. The third-order valence-corrected chi connectivity index (χ3v) is 3.89. The Morgan fingerprint density at radius 2 is 2.12 bits per heavy atom. The van der Waals surface area contributed by atoms with Crippen molar-refractivity contribution in [1.82, 2.24) is 10.6 Å². The Labute approximate surface area is 135 Å². The molecule has 10 nitrogen and oxygen atoms in total. The van der Waals surface area contributed by atoms with Crippen molar-refractivity contribution in [3.8, 4) is 6.07 Å². The molecule has 122 valence electrons. The summed E-state index contributed by atoms with van der Waals surface area (Å²) in [6.07, 6.45) is -1.06. The van der Waals surface area contributed by atoms with Crippen molar-refractivity contribution in [2.24, 2.45) is 11.7 Å². The number of benzene rings is 1. The number of imide groups is 1. The maximum Gasteiger partial charge on any atom is 0.324 e. The van der Waals surface area contributed by atoms with Crippen molar-refractivity contribution in [3.63, 3.8) is 0 Å². The number of carbonyl (C=O) groups excluding carboxylic acids is 2. The van der Waals surface area contributed by atoms with E-state index in [2.05, 4.69) is 10.6 Å². The quantitative estimate of drug-likeness (QED) is 0.515. The van der Waals surface area contributed by atoms with E-state index >= 15 is 0 Å². The molecule has 0 aromatic heterocycles. The zero-order chi connectivity index (χ0) is 17.4. The molecule has 1 aromatic carbocycles. The molecule has 1 aromatic rings. The lowest BCUT2D eigenvalue weighted by Gasteiger charge is -2.39. The molecule has 0 spiro atoms. The predicted octanol–water partition coefficient (Wildman–Crippen LogP) is 0.184. The molecular weight excluding hydrogens is 318 g/mol. The van der Waals surface area contributed by atoms with Gasteiger partial charge in [-0.2, -0.15) is 5.26 Å². The lowest BCUT2D eigenvalue weighted by atomic mass is 9.77. The maximum absolute atomic E-state index is 12.3. The first-order valence-electron chi connectivity index (χ1n) is 6.84. The summed E-state index contributed by atoms with van der Waals surface area (Å²) >= 11 is 0. The molecule has 3 rings (SSSR count).